The maximum absolute atomic E-state index is 12.9. The van der Waals surface area contributed by atoms with E-state index in [0.717, 1.165) is 148 Å². The molecule has 0 aliphatic rings. The third-order valence-electron chi connectivity index (χ3n) is 12.6. The van der Waals surface area contributed by atoms with Crippen LogP contribution in [0.3, 0.4) is 0 Å². The Kier molecular flexibility index (Phi) is 58.4. The van der Waals surface area contributed by atoms with Crippen LogP contribution in [0.1, 0.15) is 265 Å². The molecule has 1 unspecified atom stereocenters. The Balaban J connectivity index is 4.48. The molecular formula is C69H112O6. The van der Waals surface area contributed by atoms with Crippen LogP contribution in [0.25, 0.3) is 0 Å². The first kappa shape index (κ1) is 70.5. The standard InChI is InChI=1S/C69H112O6/c1-4-7-10-13-16-19-22-25-28-30-32-33-34-35-37-38-41-44-47-50-53-56-59-62-68(71)74-65-66(64-73-67(70)61-58-55-52-49-46-43-40-27-24-21-18-15-12-9-6-3)75-69(72)63-60-57-54-51-48-45-42-39-36-31-29-26-23-20-17-14-11-8-5-2/h7-8,10-11,16-17,19-20,25-29,32-33,35-37,39-40,45,48,66H,4-6,9,12-15,18,21-24,30-31,34,38,41-44,46-47,49-65H2,1-3H3/b10-7-,11-8-,19-16-,20-17-,28-25-,29-26-,33-32-,37-35-,39-36-,40-27-,48-45-. The van der Waals surface area contributed by atoms with Gasteiger partial charge >= 0.3 is 17.9 Å². The van der Waals surface area contributed by atoms with Crippen molar-refractivity contribution in [3.8, 4) is 0 Å². The Morgan fingerprint density at radius 3 is 0.840 bits per heavy atom. The van der Waals surface area contributed by atoms with E-state index in [1.165, 1.54) is 77.0 Å². The van der Waals surface area contributed by atoms with E-state index in [2.05, 4.69) is 154 Å². The van der Waals surface area contributed by atoms with E-state index in [0.29, 0.717) is 12.8 Å². The largest absolute Gasteiger partial charge is 0.462 e. The molecule has 6 heteroatoms. The molecule has 0 aromatic heterocycles. The van der Waals surface area contributed by atoms with Crippen LogP contribution < -0.4 is 0 Å². The molecule has 0 aliphatic heterocycles. The van der Waals surface area contributed by atoms with Crippen molar-refractivity contribution >= 4 is 17.9 Å². The van der Waals surface area contributed by atoms with Gasteiger partial charge in [-0.05, 0) is 135 Å². The zero-order chi connectivity index (χ0) is 54.3. The van der Waals surface area contributed by atoms with Crippen molar-refractivity contribution in [1.82, 2.24) is 0 Å². The second kappa shape index (κ2) is 62.1. The van der Waals surface area contributed by atoms with E-state index in [1.807, 2.05) is 0 Å². The molecule has 0 rings (SSSR count). The lowest BCUT2D eigenvalue weighted by atomic mass is 10.1. The summed E-state index contributed by atoms with van der Waals surface area (Å²) in [6.45, 7) is 6.37. The summed E-state index contributed by atoms with van der Waals surface area (Å²) in [5.74, 6) is -0.955. The summed E-state index contributed by atoms with van der Waals surface area (Å²) in [7, 11) is 0. The van der Waals surface area contributed by atoms with Crippen molar-refractivity contribution in [3.05, 3.63) is 134 Å². The van der Waals surface area contributed by atoms with Gasteiger partial charge in [0, 0.05) is 19.3 Å². The maximum atomic E-state index is 12.9. The first-order valence-corrected chi connectivity index (χ1v) is 30.7. The number of hydrogen-bond acceptors (Lipinski definition) is 6. The number of rotatable bonds is 54. The molecule has 0 heterocycles. The Bertz CT molecular complexity index is 1620. The van der Waals surface area contributed by atoms with Gasteiger partial charge < -0.3 is 14.2 Å². The Morgan fingerprint density at radius 1 is 0.280 bits per heavy atom. The highest BCUT2D eigenvalue weighted by atomic mass is 16.6. The molecule has 0 fully saturated rings. The molecule has 0 saturated carbocycles. The van der Waals surface area contributed by atoms with Crippen molar-refractivity contribution in [2.24, 2.45) is 0 Å². The Hall–Kier alpha value is -4.45. The van der Waals surface area contributed by atoms with Crippen LogP contribution in [-0.4, -0.2) is 37.2 Å². The van der Waals surface area contributed by atoms with Crippen LogP contribution >= 0.6 is 0 Å². The second-order valence-corrected chi connectivity index (χ2v) is 19.8. The van der Waals surface area contributed by atoms with Crippen molar-refractivity contribution < 1.29 is 28.6 Å². The minimum atomic E-state index is -0.810. The van der Waals surface area contributed by atoms with Crippen molar-refractivity contribution in [3.63, 3.8) is 0 Å². The van der Waals surface area contributed by atoms with Crippen molar-refractivity contribution in [2.45, 2.75) is 271 Å². The third-order valence-corrected chi connectivity index (χ3v) is 12.6. The van der Waals surface area contributed by atoms with E-state index < -0.39 is 6.10 Å². The number of hydrogen-bond donors (Lipinski definition) is 0. The average Bonchev–Trinajstić information content (AvgIpc) is 3.41. The minimum absolute atomic E-state index is 0.103. The van der Waals surface area contributed by atoms with Gasteiger partial charge in [-0.25, -0.2) is 0 Å². The first-order valence-electron chi connectivity index (χ1n) is 30.7. The van der Waals surface area contributed by atoms with Crippen LogP contribution in [0.4, 0.5) is 0 Å². The fraction of sp³-hybridized carbons (Fsp3) is 0.638. The van der Waals surface area contributed by atoms with Gasteiger partial charge in [-0.3, -0.25) is 14.4 Å². The van der Waals surface area contributed by atoms with Crippen LogP contribution in [0, 0.1) is 0 Å². The highest BCUT2D eigenvalue weighted by molar-refractivity contribution is 5.71. The summed E-state index contributed by atoms with van der Waals surface area (Å²) < 4.78 is 16.9. The van der Waals surface area contributed by atoms with Gasteiger partial charge in [0.15, 0.2) is 6.10 Å². The molecule has 0 aromatic rings. The van der Waals surface area contributed by atoms with Crippen molar-refractivity contribution in [1.29, 1.82) is 0 Å². The molecule has 0 bridgehead atoms. The molecule has 0 spiro atoms. The van der Waals surface area contributed by atoms with Crippen LogP contribution in [0.15, 0.2) is 134 Å². The number of carbonyl (C=O) groups is 3. The van der Waals surface area contributed by atoms with E-state index in [4.69, 9.17) is 14.2 Å². The molecular weight excluding hydrogens is 925 g/mol. The van der Waals surface area contributed by atoms with E-state index >= 15 is 0 Å². The van der Waals surface area contributed by atoms with Gasteiger partial charge in [0.05, 0.1) is 0 Å². The smallest absolute Gasteiger partial charge is 0.306 e. The van der Waals surface area contributed by atoms with Gasteiger partial charge in [-0.2, -0.15) is 0 Å². The molecule has 75 heavy (non-hydrogen) atoms. The van der Waals surface area contributed by atoms with Crippen LogP contribution in [0.2, 0.25) is 0 Å². The third kappa shape index (κ3) is 60.3. The number of allylic oxidation sites excluding steroid dienone is 22. The van der Waals surface area contributed by atoms with E-state index in [-0.39, 0.29) is 37.5 Å². The predicted octanol–water partition coefficient (Wildman–Crippen LogP) is 21.0. The molecule has 424 valence electrons. The minimum Gasteiger partial charge on any atom is -0.462 e. The van der Waals surface area contributed by atoms with Gasteiger partial charge in [0.25, 0.3) is 0 Å². The van der Waals surface area contributed by atoms with Crippen LogP contribution in [-0.2, 0) is 28.6 Å². The molecule has 0 saturated heterocycles. The SMILES string of the molecule is CC/C=C\C/C=C\C/C=C\C/C=C\C/C=C\CCCCCCCCCC(=O)OCC(COC(=O)CCCCCCC/C=C\CCCCCCCC)OC(=O)CCCCC/C=C\C/C=C\C/C=C\C/C=C\C/C=C\CC. The molecule has 0 radical (unpaired) electrons. The fourth-order valence-corrected chi connectivity index (χ4v) is 8.08. The summed E-state index contributed by atoms with van der Waals surface area (Å²) >= 11 is 0. The van der Waals surface area contributed by atoms with Gasteiger partial charge in [-0.15, -0.1) is 0 Å². The summed E-state index contributed by atoms with van der Waals surface area (Å²) in [6, 6.07) is 0. The topological polar surface area (TPSA) is 78.9 Å². The lowest BCUT2D eigenvalue weighted by Crippen LogP contribution is -2.30. The summed E-state index contributed by atoms with van der Waals surface area (Å²) in [6.07, 6.45) is 87.3. The average molecular weight is 1040 g/mol. The predicted molar refractivity (Wildman–Crippen MR) is 325 cm³/mol. The van der Waals surface area contributed by atoms with E-state index in [1.54, 1.807) is 0 Å². The molecule has 0 aromatic carbocycles. The molecule has 0 amide bonds. The monoisotopic (exact) mass is 1040 g/mol. The fourth-order valence-electron chi connectivity index (χ4n) is 8.08. The lowest BCUT2D eigenvalue weighted by Gasteiger charge is -2.18. The van der Waals surface area contributed by atoms with E-state index in [9.17, 15) is 14.4 Å². The number of esters is 3. The van der Waals surface area contributed by atoms with Gasteiger partial charge in [0.2, 0.25) is 0 Å². The zero-order valence-electron chi connectivity index (χ0n) is 48.5. The zero-order valence-corrected chi connectivity index (χ0v) is 48.5. The molecule has 6 nitrogen and oxygen atoms in total. The lowest BCUT2D eigenvalue weighted by molar-refractivity contribution is -0.167. The van der Waals surface area contributed by atoms with Gasteiger partial charge in [0.1, 0.15) is 13.2 Å². The normalized spacial score (nSPS) is 13.1. The highest BCUT2D eigenvalue weighted by Crippen LogP contribution is 2.14. The number of carbonyl (C=O) groups excluding carboxylic acids is 3. The first-order chi connectivity index (χ1) is 37.0. The maximum Gasteiger partial charge on any atom is 0.306 e. The summed E-state index contributed by atoms with van der Waals surface area (Å²) in [5.41, 5.74) is 0. The Labute approximate surface area is 462 Å². The van der Waals surface area contributed by atoms with Crippen LogP contribution in [0.5, 0.6) is 0 Å². The molecule has 1 atom stereocenters. The van der Waals surface area contributed by atoms with Gasteiger partial charge in [-0.1, -0.05) is 244 Å². The summed E-state index contributed by atoms with van der Waals surface area (Å²) in [4.78, 5) is 38.3. The highest BCUT2D eigenvalue weighted by Gasteiger charge is 2.19. The quantitative estimate of drug-likeness (QED) is 0.0261. The number of unbranched alkanes of at least 4 members (excludes halogenated alkanes) is 21. The molecule has 0 N–H and O–H groups in total. The molecule has 0 aliphatic carbocycles. The number of ether oxygens (including phenoxy) is 3. The summed E-state index contributed by atoms with van der Waals surface area (Å²) in [5, 5.41) is 0. The van der Waals surface area contributed by atoms with Crippen molar-refractivity contribution in [2.75, 3.05) is 13.2 Å². The Morgan fingerprint density at radius 2 is 0.520 bits per heavy atom. The second-order valence-electron chi connectivity index (χ2n) is 19.8.